The molecule has 6 heterocycles. The van der Waals surface area contributed by atoms with Crippen LogP contribution >= 0.6 is 23.2 Å². The maximum absolute atomic E-state index is 8.58. The Morgan fingerprint density at radius 3 is 1.62 bits per heavy atom. The molecule has 0 amide bonds. The molecule has 1 aliphatic rings. The first-order chi connectivity index (χ1) is 29.2. The maximum Gasteiger partial charge on any atom is 0.206 e. The van der Waals surface area contributed by atoms with Crippen molar-refractivity contribution in [2.75, 3.05) is 63.2 Å². The zero-order valence-electron chi connectivity index (χ0n) is 34.4. The number of halogens is 2. The monoisotopic (exact) mass is 876 g/mol. The number of rotatable bonds is 5. The maximum atomic E-state index is 8.58. The summed E-state index contributed by atoms with van der Waals surface area (Å²) in [6.07, 6.45) is 4.09. The molecule has 1 aliphatic heterocycles. The second-order valence-electron chi connectivity index (χ2n) is 12.2. The van der Waals surface area contributed by atoms with Crippen LogP contribution in [0.4, 0.5) is 28.7 Å². The highest BCUT2D eigenvalue weighted by atomic mass is 35.5. The van der Waals surface area contributed by atoms with Crippen LogP contribution in [-0.4, -0.2) is 114 Å². The van der Waals surface area contributed by atoms with E-state index in [-0.39, 0.29) is 16.7 Å². The minimum absolute atomic E-state index is 0.213. The van der Waals surface area contributed by atoms with Gasteiger partial charge in [0.1, 0.15) is 40.2 Å². The van der Waals surface area contributed by atoms with E-state index in [9.17, 15) is 0 Å². The molecule has 2 aromatic carbocycles. The lowest BCUT2D eigenvalue weighted by atomic mass is 10.2. The Morgan fingerprint density at radius 2 is 1.11 bits per heavy atom. The molecule has 22 heteroatoms. The number of aliphatic hydroxyl groups is 2. The average molecular weight is 878 g/mol. The van der Waals surface area contributed by atoms with E-state index in [1.165, 1.54) is 0 Å². The quantitative estimate of drug-likeness (QED) is 0.144. The molecule has 5 aromatic heterocycles. The van der Waals surface area contributed by atoms with Gasteiger partial charge in [0.2, 0.25) is 12.6 Å². The Hall–Kier alpha value is -6.42. The number of aryl methyl sites for hydroxylation is 3. The summed E-state index contributed by atoms with van der Waals surface area (Å²) in [6.45, 7) is 6.00. The van der Waals surface area contributed by atoms with Gasteiger partial charge in [-0.15, -0.1) is 0 Å². The normalized spacial score (nSPS) is 14.0. The number of aromatic nitrogens is 10. The Morgan fingerprint density at radius 1 is 0.656 bits per heavy atom. The van der Waals surface area contributed by atoms with Gasteiger partial charge in [-0.05, 0) is 69.3 Å². The molecule has 0 bridgehead atoms. The number of benzene rings is 2. The summed E-state index contributed by atoms with van der Waals surface area (Å²) < 4.78 is 19.3. The molecule has 1 saturated heterocycles. The molecular weight excluding hydrogens is 831 g/mol. The second kappa shape index (κ2) is 23.4. The molecule has 8 rings (SSSR count). The van der Waals surface area contributed by atoms with Gasteiger partial charge in [0.15, 0.2) is 38.8 Å². The highest BCUT2D eigenvalue weighted by Crippen LogP contribution is 2.28. The minimum atomic E-state index is -1.16. The smallest absolute Gasteiger partial charge is 0.206 e. The number of nitrogens with zero attached hydrogens (tertiary/aromatic N) is 11. The Balaban J connectivity index is 0.000000177. The van der Waals surface area contributed by atoms with Crippen molar-refractivity contribution in [3.8, 4) is 11.5 Å². The van der Waals surface area contributed by atoms with Gasteiger partial charge in [0.25, 0.3) is 0 Å². The van der Waals surface area contributed by atoms with Gasteiger partial charge < -0.3 is 50.8 Å². The number of nitrogens with one attached hydrogen (secondary N) is 1. The van der Waals surface area contributed by atoms with Crippen molar-refractivity contribution in [2.45, 2.75) is 33.4 Å². The average Bonchev–Trinajstić information content (AvgIpc) is 3.27. The molecule has 7 N–H and O–H groups in total. The predicted octanol–water partition coefficient (Wildman–Crippen LogP) is 4.90. The van der Waals surface area contributed by atoms with Crippen LogP contribution in [0.5, 0.6) is 11.5 Å². The van der Waals surface area contributed by atoms with Crippen LogP contribution in [0.1, 0.15) is 17.5 Å². The lowest BCUT2D eigenvalue weighted by molar-refractivity contribution is -0.291. The molecular formula is C39H46Cl2N14O6. The van der Waals surface area contributed by atoms with Crippen molar-refractivity contribution in [3.05, 3.63) is 101 Å². The molecule has 7 aromatic rings. The number of hydrogen-bond donors (Lipinski definition) is 5. The van der Waals surface area contributed by atoms with Crippen molar-refractivity contribution < 1.29 is 29.2 Å². The summed E-state index contributed by atoms with van der Waals surface area (Å²) in [6, 6.07) is 15.5. The molecule has 0 saturated carbocycles. The molecule has 0 spiro atoms. The van der Waals surface area contributed by atoms with Crippen molar-refractivity contribution in [1.29, 1.82) is 0 Å². The topological polar surface area (TPSA) is 274 Å². The fourth-order valence-electron chi connectivity index (χ4n) is 4.88. The summed E-state index contributed by atoms with van der Waals surface area (Å²) in [5, 5.41) is 20.7. The van der Waals surface area contributed by atoms with Crippen molar-refractivity contribution in [2.24, 2.45) is 0 Å². The Kier molecular flexibility index (Phi) is 18.1. The van der Waals surface area contributed by atoms with Crippen LogP contribution in [0.3, 0.4) is 0 Å². The van der Waals surface area contributed by atoms with Gasteiger partial charge in [-0.2, -0.15) is 0 Å². The van der Waals surface area contributed by atoms with E-state index in [0.717, 1.165) is 28.7 Å². The SMILES string of the molecule is CNc1ccc(OC)cc1.COc1ccc(N(C)c2nc(C)nc3nccnc23)cc1.Cc1nc(Cl)c2nccnc2n1.Cc1nc(N)c(N)c(Cl)n1.OC1OCCOC1O. The van der Waals surface area contributed by atoms with Gasteiger partial charge in [0.05, 0.1) is 27.4 Å². The third-order valence-corrected chi connectivity index (χ3v) is 8.48. The van der Waals surface area contributed by atoms with Crippen molar-refractivity contribution in [1.82, 2.24) is 49.8 Å². The lowest BCUT2D eigenvalue weighted by Gasteiger charge is -2.23. The van der Waals surface area contributed by atoms with Crippen LogP contribution in [0, 0.1) is 20.8 Å². The predicted molar refractivity (Wildman–Crippen MR) is 233 cm³/mol. The standard InChI is InChI=1S/C15H15N5O.C8H11NO.C7H5ClN4.C5H7ClN4.C4H8O4/c1-10-18-14-13(16-8-9-17-14)15(19-10)20(2)11-4-6-12(21-3)7-5-11;1-9-7-3-5-8(10-2)6-4-7;1-4-11-6(8)5-7(12-4)10-3-2-9-5;1-2-9-4(6)3(7)5(8)10-2;5-3-4(6)8-2-1-7-3/h4-9H,1-3H3;3-6,9H,1-2H3;2-3H,1H3;7H2,1H3,(H2,8,9,10);3-6H,1-2H2. The summed E-state index contributed by atoms with van der Waals surface area (Å²) in [5.74, 6) is 4.46. The molecule has 1 fully saturated rings. The van der Waals surface area contributed by atoms with Gasteiger partial charge in [0, 0.05) is 50.3 Å². The molecule has 61 heavy (non-hydrogen) atoms. The zero-order valence-corrected chi connectivity index (χ0v) is 35.9. The van der Waals surface area contributed by atoms with Gasteiger partial charge in [-0.1, -0.05) is 23.2 Å². The van der Waals surface area contributed by atoms with Crippen LogP contribution in [0.2, 0.25) is 10.3 Å². The first-order valence-corrected chi connectivity index (χ1v) is 18.9. The van der Waals surface area contributed by atoms with Gasteiger partial charge >= 0.3 is 0 Å². The molecule has 2 atom stereocenters. The number of anilines is 5. The first-order valence-electron chi connectivity index (χ1n) is 18.1. The molecule has 322 valence electrons. The third kappa shape index (κ3) is 14.1. The lowest BCUT2D eigenvalue weighted by Crippen LogP contribution is -2.37. The van der Waals surface area contributed by atoms with Crippen LogP contribution in [-0.2, 0) is 9.47 Å². The fourth-order valence-corrected chi connectivity index (χ4v) is 5.35. The second-order valence-corrected chi connectivity index (χ2v) is 12.9. The van der Waals surface area contributed by atoms with Crippen LogP contribution in [0.15, 0.2) is 73.3 Å². The number of ether oxygens (including phenoxy) is 4. The van der Waals surface area contributed by atoms with Crippen molar-refractivity contribution in [3.63, 3.8) is 0 Å². The van der Waals surface area contributed by atoms with Crippen molar-refractivity contribution >= 4 is 74.2 Å². The molecule has 0 radical (unpaired) electrons. The van der Waals surface area contributed by atoms with E-state index >= 15 is 0 Å². The van der Waals surface area contributed by atoms with E-state index in [2.05, 4.69) is 64.6 Å². The fraction of sp³-hybridized carbons (Fsp3) is 0.282. The number of fused-ring (bicyclic) bond motifs is 2. The zero-order chi connectivity index (χ0) is 44.5. The Bertz CT molecular complexity index is 2400. The van der Waals surface area contributed by atoms with E-state index in [0.29, 0.717) is 58.2 Å². The van der Waals surface area contributed by atoms with E-state index < -0.39 is 12.6 Å². The number of nitrogen functional groups attached to an aromatic ring is 2. The van der Waals surface area contributed by atoms with Gasteiger partial charge in [-0.25, -0.2) is 49.8 Å². The van der Waals surface area contributed by atoms with E-state index in [4.69, 9.17) is 54.4 Å². The minimum Gasteiger partial charge on any atom is -0.497 e. The number of methoxy groups -OCH3 is 2. The van der Waals surface area contributed by atoms with Crippen LogP contribution in [0.25, 0.3) is 22.3 Å². The Labute approximate surface area is 361 Å². The van der Waals surface area contributed by atoms with Crippen LogP contribution < -0.4 is 31.2 Å². The summed E-state index contributed by atoms with van der Waals surface area (Å²) in [5.41, 5.74) is 15.4. The van der Waals surface area contributed by atoms with Gasteiger partial charge in [-0.3, -0.25) is 0 Å². The molecule has 0 aliphatic carbocycles. The third-order valence-electron chi connectivity index (χ3n) is 7.93. The first kappa shape index (κ1) is 47.3. The largest absolute Gasteiger partial charge is 0.497 e. The van der Waals surface area contributed by atoms with E-state index in [1.807, 2.05) is 74.4 Å². The highest BCUT2D eigenvalue weighted by Gasteiger charge is 2.21. The molecule has 2 unspecified atom stereocenters. The molecule has 20 nitrogen and oxygen atoms in total. The van der Waals surface area contributed by atoms with E-state index in [1.54, 1.807) is 52.9 Å². The summed E-state index contributed by atoms with van der Waals surface area (Å²) in [7, 11) is 7.14. The highest BCUT2D eigenvalue weighted by molar-refractivity contribution is 6.33. The summed E-state index contributed by atoms with van der Waals surface area (Å²) >= 11 is 11.4. The number of nitrogens with two attached hydrogens (primary N) is 2. The number of hydrogen-bond acceptors (Lipinski definition) is 20. The summed E-state index contributed by atoms with van der Waals surface area (Å²) in [4.78, 5) is 43.0. The number of aliphatic hydroxyl groups excluding tert-OH is 2.